The van der Waals surface area contributed by atoms with Gasteiger partial charge in [-0.2, -0.15) is 0 Å². The third-order valence-corrected chi connectivity index (χ3v) is 4.49. The van der Waals surface area contributed by atoms with Crippen LogP contribution in [0, 0.1) is 5.92 Å². The Morgan fingerprint density at radius 2 is 2.04 bits per heavy atom. The van der Waals surface area contributed by atoms with Crippen LogP contribution in [0.5, 0.6) is 0 Å². The maximum Gasteiger partial charge on any atom is 0.347 e. The molecular weight excluding hydrogens is 304 g/mol. The van der Waals surface area contributed by atoms with Crippen LogP contribution < -0.4 is 0 Å². The number of ether oxygens (including phenoxy) is 2. The van der Waals surface area contributed by atoms with Gasteiger partial charge in [-0.25, -0.2) is 9.59 Å². The third-order valence-electron chi connectivity index (χ3n) is 4.49. The number of carbonyl (C=O) groups excluding carboxylic acids is 2. The summed E-state index contributed by atoms with van der Waals surface area (Å²) in [5.41, 5.74) is 1.33. The number of hydrogen-bond donors (Lipinski definition) is 0. The maximum atomic E-state index is 12.5. The first kappa shape index (κ1) is 14.7. The van der Waals surface area contributed by atoms with Gasteiger partial charge in [0.2, 0.25) is 0 Å². The summed E-state index contributed by atoms with van der Waals surface area (Å²) in [4.78, 5) is 24.7. The molecule has 5 rings (SSSR count). The maximum absolute atomic E-state index is 12.5. The molecule has 0 aromatic heterocycles. The highest BCUT2D eigenvalue weighted by Crippen LogP contribution is 2.49. The first-order valence-electron chi connectivity index (χ1n) is 7.96. The van der Waals surface area contributed by atoms with Crippen LogP contribution in [0.15, 0.2) is 71.9 Å². The lowest BCUT2D eigenvalue weighted by Crippen LogP contribution is -2.32. The Balaban J connectivity index is 1.92. The van der Waals surface area contributed by atoms with E-state index in [1.165, 1.54) is 0 Å². The second kappa shape index (κ2) is 5.34. The van der Waals surface area contributed by atoms with Crippen molar-refractivity contribution in [1.29, 1.82) is 0 Å². The molecule has 1 aromatic carbocycles. The van der Waals surface area contributed by atoms with Gasteiger partial charge in [-0.3, -0.25) is 0 Å². The number of esters is 2. The van der Waals surface area contributed by atoms with E-state index in [9.17, 15) is 9.59 Å². The molecule has 4 aliphatic rings. The van der Waals surface area contributed by atoms with Gasteiger partial charge < -0.3 is 9.47 Å². The van der Waals surface area contributed by atoms with Crippen LogP contribution in [-0.4, -0.2) is 24.1 Å². The Labute approximate surface area is 139 Å². The van der Waals surface area contributed by atoms with Crippen molar-refractivity contribution in [1.82, 2.24) is 0 Å². The van der Waals surface area contributed by atoms with Gasteiger partial charge in [0, 0.05) is 17.1 Å². The van der Waals surface area contributed by atoms with Crippen LogP contribution in [-0.2, 0) is 19.1 Å². The van der Waals surface area contributed by atoms with E-state index < -0.39 is 17.5 Å². The third kappa shape index (κ3) is 1.99. The van der Waals surface area contributed by atoms with Gasteiger partial charge in [0.15, 0.2) is 11.2 Å². The monoisotopic (exact) mass is 320 g/mol. The normalized spacial score (nSPS) is 26.8. The van der Waals surface area contributed by atoms with Crippen LogP contribution in [0.2, 0.25) is 0 Å². The average Bonchev–Trinajstić information content (AvgIpc) is 2.71. The van der Waals surface area contributed by atoms with Crippen molar-refractivity contribution >= 4 is 17.5 Å². The molecule has 24 heavy (non-hydrogen) atoms. The first-order valence-corrected chi connectivity index (χ1v) is 7.96. The average molecular weight is 320 g/mol. The van der Waals surface area contributed by atoms with E-state index in [0.29, 0.717) is 5.57 Å². The minimum Gasteiger partial charge on any atom is -0.462 e. The molecule has 4 heteroatoms. The molecule has 0 amide bonds. The number of allylic oxidation sites excluding steroid dienone is 3. The summed E-state index contributed by atoms with van der Waals surface area (Å²) < 4.78 is 10.8. The topological polar surface area (TPSA) is 52.6 Å². The lowest BCUT2D eigenvalue weighted by Gasteiger charge is -2.31. The summed E-state index contributed by atoms with van der Waals surface area (Å²) in [5.74, 6) is -1.17. The first-order chi connectivity index (χ1) is 11.7. The predicted octanol–water partition coefficient (Wildman–Crippen LogP) is 2.98. The van der Waals surface area contributed by atoms with Crippen molar-refractivity contribution in [2.24, 2.45) is 5.92 Å². The highest BCUT2D eigenvalue weighted by Gasteiger charge is 2.52. The Morgan fingerprint density at radius 1 is 1.25 bits per heavy atom. The quantitative estimate of drug-likeness (QED) is 0.488. The molecule has 4 nitrogen and oxygen atoms in total. The minimum atomic E-state index is -1.05. The molecule has 1 aromatic rings. The van der Waals surface area contributed by atoms with Crippen molar-refractivity contribution in [3.63, 3.8) is 0 Å². The Morgan fingerprint density at radius 3 is 2.79 bits per heavy atom. The van der Waals surface area contributed by atoms with E-state index in [4.69, 9.17) is 9.47 Å². The number of carbonyl (C=O) groups is 2. The van der Waals surface area contributed by atoms with Gasteiger partial charge >= 0.3 is 11.9 Å². The second-order valence-electron chi connectivity index (χ2n) is 5.88. The lowest BCUT2D eigenvalue weighted by atomic mass is 9.78. The van der Waals surface area contributed by atoms with Crippen LogP contribution in [0.4, 0.5) is 0 Å². The van der Waals surface area contributed by atoms with Gasteiger partial charge in [-0.15, -0.1) is 0 Å². The summed E-state index contributed by atoms with van der Waals surface area (Å²) in [5, 5.41) is 0. The van der Waals surface area contributed by atoms with Gasteiger partial charge in [0.25, 0.3) is 0 Å². The number of benzene rings is 1. The fourth-order valence-electron chi connectivity index (χ4n) is 3.44. The molecule has 0 saturated heterocycles. The Hall–Kier alpha value is -2.88. The molecule has 0 fully saturated rings. The zero-order valence-corrected chi connectivity index (χ0v) is 13.2. The summed E-state index contributed by atoms with van der Waals surface area (Å²) >= 11 is 0. The lowest BCUT2D eigenvalue weighted by molar-refractivity contribution is -0.146. The van der Waals surface area contributed by atoms with Crippen molar-refractivity contribution in [3.8, 4) is 0 Å². The smallest absolute Gasteiger partial charge is 0.347 e. The molecule has 1 aliphatic heterocycles. The SMILES string of the molecule is CCOC(=O)C1=C2C=C[C@H]3C=C[C@]2(OC1=O)C(c1ccccc1)=C3. The van der Waals surface area contributed by atoms with Crippen LogP contribution in [0.25, 0.3) is 5.57 Å². The van der Waals surface area contributed by atoms with E-state index in [-0.39, 0.29) is 18.1 Å². The highest BCUT2D eigenvalue weighted by atomic mass is 16.6. The Kier molecular flexibility index (Phi) is 3.27. The van der Waals surface area contributed by atoms with Gasteiger partial charge in [0.05, 0.1) is 6.61 Å². The van der Waals surface area contributed by atoms with Gasteiger partial charge in [-0.05, 0) is 18.6 Å². The van der Waals surface area contributed by atoms with Gasteiger partial charge in [0.1, 0.15) is 0 Å². The number of rotatable bonds is 3. The zero-order valence-electron chi connectivity index (χ0n) is 13.2. The van der Waals surface area contributed by atoms with Crippen molar-refractivity contribution in [2.75, 3.05) is 6.61 Å². The van der Waals surface area contributed by atoms with E-state index in [0.717, 1.165) is 11.1 Å². The molecule has 0 saturated carbocycles. The Bertz CT molecular complexity index is 842. The fraction of sp³-hybridized carbons (Fsp3) is 0.200. The largest absolute Gasteiger partial charge is 0.462 e. The van der Waals surface area contributed by atoms with Crippen molar-refractivity contribution in [2.45, 2.75) is 12.5 Å². The van der Waals surface area contributed by atoms with Crippen LogP contribution in [0.3, 0.4) is 0 Å². The van der Waals surface area contributed by atoms with E-state index in [2.05, 4.69) is 6.08 Å². The van der Waals surface area contributed by atoms with E-state index in [1.54, 1.807) is 6.92 Å². The van der Waals surface area contributed by atoms with E-state index in [1.807, 2.05) is 54.6 Å². The van der Waals surface area contributed by atoms with Crippen LogP contribution >= 0.6 is 0 Å². The van der Waals surface area contributed by atoms with Gasteiger partial charge in [-0.1, -0.05) is 54.6 Å². The second-order valence-corrected chi connectivity index (χ2v) is 5.88. The van der Waals surface area contributed by atoms with E-state index >= 15 is 0 Å². The summed E-state index contributed by atoms with van der Waals surface area (Å²) in [6.07, 6.45) is 9.70. The molecule has 120 valence electrons. The van der Waals surface area contributed by atoms with Crippen molar-refractivity contribution < 1.29 is 19.1 Å². The molecule has 1 spiro atoms. The molecule has 3 aliphatic carbocycles. The summed E-state index contributed by atoms with van der Waals surface area (Å²) in [6, 6.07) is 9.77. The zero-order chi connectivity index (χ0) is 16.7. The minimum absolute atomic E-state index is 0.0119. The summed E-state index contributed by atoms with van der Waals surface area (Å²) in [7, 11) is 0. The molecule has 0 N–H and O–H groups in total. The fourth-order valence-corrected chi connectivity index (χ4v) is 3.44. The summed E-state index contributed by atoms with van der Waals surface area (Å²) in [6.45, 7) is 1.92. The molecule has 2 atom stereocenters. The highest BCUT2D eigenvalue weighted by molar-refractivity contribution is 6.19. The predicted molar refractivity (Wildman–Crippen MR) is 88.7 cm³/mol. The van der Waals surface area contributed by atoms with Crippen molar-refractivity contribution in [3.05, 3.63) is 77.4 Å². The van der Waals surface area contributed by atoms with Crippen LogP contribution in [0.1, 0.15) is 12.5 Å². The standard InChI is InChI=1S/C20H16O4/c1-2-23-18(21)17-15-9-8-13-10-11-20(15,24-19(17)22)16(12-13)14-6-4-3-5-7-14/h3-13H,2H2,1H3/t13-,20+/m0/s1. The molecule has 0 unspecified atom stereocenters. The number of hydrogen-bond acceptors (Lipinski definition) is 4. The molecule has 0 radical (unpaired) electrons. The molecule has 2 bridgehead atoms. The molecule has 1 heterocycles. The molecular formula is C20H16O4.